The van der Waals surface area contributed by atoms with Crippen LogP contribution in [0.15, 0.2) is 42.7 Å². The third kappa shape index (κ3) is 1.32. The average Bonchev–Trinajstić information content (AvgIpc) is 2.19. The zero-order valence-corrected chi connectivity index (χ0v) is 6.90. The molecule has 0 spiro atoms. The summed E-state index contributed by atoms with van der Waals surface area (Å²) in [5.74, 6) is 0.798. The maximum Gasteiger partial charge on any atom is 0.134 e. The van der Waals surface area contributed by atoms with Gasteiger partial charge in [0.1, 0.15) is 5.75 Å². The van der Waals surface area contributed by atoms with Gasteiger partial charge in [0.2, 0.25) is 0 Å². The summed E-state index contributed by atoms with van der Waals surface area (Å²) in [7, 11) is 0. The molecule has 0 atom stereocenters. The zero-order valence-electron chi connectivity index (χ0n) is 6.90. The minimum absolute atomic E-state index is 0.798. The number of benzene rings is 1. The smallest absolute Gasteiger partial charge is 0.134 e. The van der Waals surface area contributed by atoms with Crippen LogP contribution in [-0.4, -0.2) is 0 Å². The lowest BCUT2D eigenvalue weighted by Gasteiger charge is -2.12. The SMILES string of the molecule is N#CC=C1C=COc2ccccc21. The van der Waals surface area contributed by atoms with Crippen LogP contribution in [0.2, 0.25) is 0 Å². The van der Waals surface area contributed by atoms with Crippen molar-refractivity contribution in [3.05, 3.63) is 48.2 Å². The first-order valence-corrected chi connectivity index (χ1v) is 3.94. The van der Waals surface area contributed by atoms with Gasteiger partial charge in [-0.15, -0.1) is 0 Å². The lowest BCUT2D eigenvalue weighted by molar-refractivity contribution is 0.476. The van der Waals surface area contributed by atoms with Crippen molar-refractivity contribution in [1.82, 2.24) is 0 Å². The Balaban J connectivity index is 2.56. The van der Waals surface area contributed by atoms with E-state index in [0.29, 0.717) is 0 Å². The van der Waals surface area contributed by atoms with Gasteiger partial charge in [-0.1, -0.05) is 18.2 Å². The summed E-state index contributed by atoms with van der Waals surface area (Å²) in [6, 6.07) is 9.65. The van der Waals surface area contributed by atoms with Crippen LogP contribution in [-0.2, 0) is 0 Å². The Labute approximate surface area is 76.4 Å². The number of ether oxygens (including phenoxy) is 1. The van der Waals surface area contributed by atoms with Crippen LogP contribution in [0.4, 0.5) is 0 Å². The summed E-state index contributed by atoms with van der Waals surface area (Å²) in [6.45, 7) is 0. The zero-order chi connectivity index (χ0) is 9.10. The normalized spacial score (nSPS) is 16.1. The fourth-order valence-corrected chi connectivity index (χ4v) is 1.27. The van der Waals surface area contributed by atoms with E-state index in [4.69, 9.17) is 10.00 Å². The van der Waals surface area contributed by atoms with Gasteiger partial charge in [-0.3, -0.25) is 0 Å². The second-order valence-electron chi connectivity index (χ2n) is 2.65. The molecule has 2 nitrogen and oxygen atoms in total. The monoisotopic (exact) mass is 169 g/mol. The van der Waals surface area contributed by atoms with E-state index in [1.54, 1.807) is 12.3 Å². The van der Waals surface area contributed by atoms with Crippen molar-refractivity contribution >= 4 is 5.57 Å². The topological polar surface area (TPSA) is 33.0 Å². The molecule has 0 N–H and O–H groups in total. The van der Waals surface area contributed by atoms with E-state index in [0.717, 1.165) is 16.9 Å². The maximum absolute atomic E-state index is 8.54. The largest absolute Gasteiger partial charge is 0.464 e. The quantitative estimate of drug-likeness (QED) is 0.559. The molecule has 62 valence electrons. The Morgan fingerprint density at radius 3 is 3.00 bits per heavy atom. The molecule has 1 aromatic carbocycles. The molecule has 1 aromatic rings. The molecule has 0 aromatic heterocycles. The van der Waals surface area contributed by atoms with E-state index in [-0.39, 0.29) is 0 Å². The summed E-state index contributed by atoms with van der Waals surface area (Å²) in [6.07, 6.45) is 4.88. The number of hydrogen-bond acceptors (Lipinski definition) is 2. The van der Waals surface area contributed by atoms with Crippen LogP contribution in [0.3, 0.4) is 0 Å². The van der Waals surface area contributed by atoms with E-state index < -0.39 is 0 Å². The highest BCUT2D eigenvalue weighted by atomic mass is 16.5. The van der Waals surface area contributed by atoms with Crippen LogP contribution in [0.25, 0.3) is 5.57 Å². The molecule has 0 aliphatic carbocycles. The summed E-state index contributed by atoms with van der Waals surface area (Å²) in [5.41, 5.74) is 1.86. The second kappa shape index (κ2) is 3.16. The van der Waals surface area contributed by atoms with E-state index >= 15 is 0 Å². The Morgan fingerprint density at radius 2 is 2.15 bits per heavy atom. The highest BCUT2D eigenvalue weighted by molar-refractivity contribution is 5.80. The average molecular weight is 169 g/mol. The predicted molar refractivity (Wildman–Crippen MR) is 49.8 cm³/mol. The number of nitrogens with zero attached hydrogens (tertiary/aromatic N) is 1. The van der Waals surface area contributed by atoms with Crippen LogP contribution >= 0.6 is 0 Å². The van der Waals surface area contributed by atoms with Crippen molar-refractivity contribution in [2.45, 2.75) is 0 Å². The van der Waals surface area contributed by atoms with Gasteiger partial charge in [0, 0.05) is 11.6 Å². The first-order valence-electron chi connectivity index (χ1n) is 3.94. The van der Waals surface area contributed by atoms with E-state index in [2.05, 4.69) is 0 Å². The summed E-state index contributed by atoms with van der Waals surface area (Å²) in [4.78, 5) is 0. The van der Waals surface area contributed by atoms with Crippen LogP contribution < -0.4 is 4.74 Å². The van der Waals surface area contributed by atoms with Gasteiger partial charge in [-0.25, -0.2) is 0 Å². The molecule has 0 fully saturated rings. The third-order valence-corrected chi connectivity index (χ3v) is 1.86. The first kappa shape index (κ1) is 7.63. The van der Waals surface area contributed by atoms with Gasteiger partial charge in [-0.05, 0) is 17.7 Å². The number of nitriles is 1. The third-order valence-electron chi connectivity index (χ3n) is 1.86. The molecule has 1 heterocycles. The van der Waals surface area contributed by atoms with Crippen molar-refractivity contribution in [1.29, 1.82) is 5.26 Å². The Kier molecular flexibility index (Phi) is 1.85. The number of hydrogen-bond donors (Lipinski definition) is 0. The number of para-hydroxylation sites is 1. The molecule has 0 bridgehead atoms. The predicted octanol–water partition coefficient (Wildman–Crippen LogP) is 2.50. The Morgan fingerprint density at radius 1 is 1.31 bits per heavy atom. The fraction of sp³-hybridized carbons (Fsp3) is 0. The highest BCUT2D eigenvalue weighted by Crippen LogP contribution is 2.30. The van der Waals surface area contributed by atoms with Crippen LogP contribution in [0, 0.1) is 11.3 Å². The summed E-state index contributed by atoms with van der Waals surface area (Å²) >= 11 is 0. The van der Waals surface area contributed by atoms with Crippen LogP contribution in [0.1, 0.15) is 5.56 Å². The number of rotatable bonds is 0. The molecule has 1 aliphatic heterocycles. The minimum Gasteiger partial charge on any atom is -0.464 e. The molecule has 1 aliphatic rings. The molecule has 0 amide bonds. The van der Waals surface area contributed by atoms with Gasteiger partial charge in [-0.2, -0.15) is 5.26 Å². The second-order valence-corrected chi connectivity index (χ2v) is 2.65. The van der Waals surface area contributed by atoms with E-state index in [1.807, 2.05) is 30.3 Å². The molecule has 2 heteroatoms. The van der Waals surface area contributed by atoms with Gasteiger partial charge in [0.15, 0.2) is 0 Å². The first-order chi connectivity index (χ1) is 6.42. The molecule has 0 saturated carbocycles. The molecule has 0 radical (unpaired) electrons. The minimum atomic E-state index is 0.798. The van der Waals surface area contributed by atoms with Crippen LogP contribution in [0.5, 0.6) is 5.75 Å². The van der Waals surface area contributed by atoms with Gasteiger partial charge in [0.25, 0.3) is 0 Å². The van der Waals surface area contributed by atoms with Gasteiger partial charge < -0.3 is 4.74 Å². The number of allylic oxidation sites excluding steroid dienone is 3. The lowest BCUT2D eigenvalue weighted by atomic mass is 10.0. The molecule has 0 saturated heterocycles. The molecule has 2 rings (SSSR count). The molecule has 0 unspecified atom stereocenters. The van der Waals surface area contributed by atoms with Crippen molar-refractivity contribution in [2.24, 2.45) is 0 Å². The van der Waals surface area contributed by atoms with Crippen molar-refractivity contribution < 1.29 is 4.74 Å². The Hall–Kier alpha value is -2.01. The highest BCUT2D eigenvalue weighted by Gasteiger charge is 2.08. The standard InChI is InChI=1S/C11H7NO/c12-7-5-9-6-8-13-11-4-2-1-3-10(9)11/h1-6,8H. The van der Waals surface area contributed by atoms with Crippen molar-refractivity contribution in [3.63, 3.8) is 0 Å². The number of fused-ring (bicyclic) bond motifs is 1. The Bertz CT molecular complexity index is 424. The van der Waals surface area contributed by atoms with E-state index in [9.17, 15) is 0 Å². The van der Waals surface area contributed by atoms with E-state index in [1.165, 1.54) is 6.08 Å². The molecular formula is C11H7NO. The molecule has 13 heavy (non-hydrogen) atoms. The van der Waals surface area contributed by atoms with Gasteiger partial charge >= 0.3 is 0 Å². The summed E-state index contributed by atoms with van der Waals surface area (Å²) in [5, 5.41) is 8.54. The molecular weight excluding hydrogens is 162 g/mol. The maximum atomic E-state index is 8.54. The van der Waals surface area contributed by atoms with Gasteiger partial charge in [0.05, 0.1) is 12.3 Å². The van der Waals surface area contributed by atoms with Crippen molar-refractivity contribution in [3.8, 4) is 11.8 Å². The fourth-order valence-electron chi connectivity index (χ4n) is 1.27. The van der Waals surface area contributed by atoms with Crippen molar-refractivity contribution in [2.75, 3.05) is 0 Å². The lowest BCUT2D eigenvalue weighted by Crippen LogP contribution is -1.94. The summed E-state index contributed by atoms with van der Waals surface area (Å²) < 4.78 is 5.27.